The molecule has 4 rings (SSSR count). The molecule has 0 saturated carbocycles. The number of hydrogen-bond acceptors (Lipinski definition) is 4. The highest BCUT2D eigenvalue weighted by atomic mass is 16.1. The maximum Gasteiger partial charge on any atom is 0.132 e. The molecule has 0 aromatic heterocycles. The van der Waals surface area contributed by atoms with Crippen molar-refractivity contribution in [1.29, 1.82) is 0 Å². The Labute approximate surface area is 397 Å². The summed E-state index contributed by atoms with van der Waals surface area (Å²) in [6.07, 6.45) is 74.7. The fourth-order valence-corrected chi connectivity index (χ4v) is 8.95. The SMILES string of the molecule is O=C1CCCCC/C=C/CCCCCCC1.O=C1CCCCC/C=C\CCCCCCC1.O=C1CCCCCC/C=C/CCCCCC1.O=C1CCCCCC/C=C\CCCCCC1. The molecule has 64 heavy (non-hydrogen) atoms. The van der Waals surface area contributed by atoms with Crippen molar-refractivity contribution in [2.75, 3.05) is 0 Å². The van der Waals surface area contributed by atoms with Crippen LogP contribution in [-0.2, 0) is 19.2 Å². The first-order chi connectivity index (χ1) is 31.6. The highest BCUT2D eigenvalue weighted by molar-refractivity contribution is 5.79. The number of ketones is 4. The van der Waals surface area contributed by atoms with E-state index in [1.807, 2.05) is 0 Å². The summed E-state index contributed by atoms with van der Waals surface area (Å²) in [5.41, 5.74) is 0. The summed E-state index contributed by atoms with van der Waals surface area (Å²) in [6.45, 7) is 0. The van der Waals surface area contributed by atoms with Gasteiger partial charge in [0.1, 0.15) is 23.1 Å². The van der Waals surface area contributed by atoms with Crippen LogP contribution in [0.15, 0.2) is 48.6 Å². The number of rotatable bonds is 0. The van der Waals surface area contributed by atoms with Crippen LogP contribution in [0, 0.1) is 0 Å². The molecule has 0 spiro atoms. The van der Waals surface area contributed by atoms with Gasteiger partial charge in [0, 0.05) is 51.4 Å². The van der Waals surface area contributed by atoms with Gasteiger partial charge in [-0.15, -0.1) is 0 Å². The zero-order chi connectivity index (χ0) is 45.9. The molecule has 0 bridgehead atoms. The first-order valence-corrected chi connectivity index (χ1v) is 28.2. The molecule has 0 aliphatic heterocycles. The van der Waals surface area contributed by atoms with Gasteiger partial charge >= 0.3 is 0 Å². The lowest BCUT2D eigenvalue weighted by atomic mass is 10.0. The third kappa shape index (κ3) is 47.6. The second kappa shape index (κ2) is 50.1. The smallest absolute Gasteiger partial charge is 0.132 e. The Morgan fingerprint density at radius 2 is 0.266 bits per heavy atom. The van der Waals surface area contributed by atoms with Gasteiger partial charge in [-0.25, -0.2) is 0 Å². The van der Waals surface area contributed by atoms with Gasteiger partial charge in [-0.1, -0.05) is 151 Å². The molecule has 4 heteroatoms. The average molecular weight is 889 g/mol. The van der Waals surface area contributed by atoms with E-state index in [0.717, 1.165) is 103 Å². The Hall–Kier alpha value is -2.36. The van der Waals surface area contributed by atoms with Crippen LogP contribution in [-0.4, -0.2) is 23.1 Å². The molecule has 4 nitrogen and oxygen atoms in total. The second-order valence-corrected chi connectivity index (χ2v) is 19.7. The largest absolute Gasteiger partial charge is 0.300 e. The molecule has 0 aromatic rings. The maximum absolute atomic E-state index is 11.5. The van der Waals surface area contributed by atoms with Gasteiger partial charge in [-0.3, -0.25) is 19.2 Å². The zero-order valence-electron chi connectivity index (χ0n) is 42.2. The van der Waals surface area contributed by atoms with E-state index in [4.69, 9.17) is 0 Å². The van der Waals surface area contributed by atoms with Crippen molar-refractivity contribution in [2.45, 2.75) is 308 Å². The quantitative estimate of drug-likeness (QED) is 0.227. The highest BCUT2D eigenvalue weighted by Gasteiger charge is 2.05. The van der Waals surface area contributed by atoms with Crippen LogP contribution < -0.4 is 0 Å². The molecule has 4 aliphatic carbocycles. The van der Waals surface area contributed by atoms with E-state index in [0.29, 0.717) is 23.1 Å². The van der Waals surface area contributed by atoms with Crippen molar-refractivity contribution < 1.29 is 19.2 Å². The van der Waals surface area contributed by atoms with Crippen molar-refractivity contribution >= 4 is 23.1 Å². The van der Waals surface area contributed by atoms with Gasteiger partial charge in [0.05, 0.1) is 0 Å². The second-order valence-electron chi connectivity index (χ2n) is 19.7. The van der Waals surface area contributed by atoms with Gasteiger partial charge in [0.15, 0.2) is 0 Å². The Morgan fingerprint density at radius 3 is 0.422 bits per heavy atom. The maximum atomic E-state index is 11.5. The number of carbonyl (C=O) groups is 4. The standard InChI is InChI=1S/4C15H26O/c4*16-15-13-11-9-7-5-3-1-2-4-6-8-10-12-14-15/h2*1,3H,2,4-14H2;2*1-2H,3-14H2/b3-1+;3-1-;2-1+;2-1-. The van der Waals surface area contributed by atoms with Crippen LogP contribution in [0.2, 0.25) is 0 Å². The Bertz CT molecular complexity index is 1060. The third-order valence-corrected chi connectivity index (χ3v) is 13.3. The minimum Gasteiger partial charge on any atom is -0.300 e. The van der Waals surface area contributed by atoms with Gasteiger partial charge in [0.2, 0.25) is 0 Å². The Balaban J connectivity index is 0.000000427. The normalized spacial score (nSPS) is 24.4. The van der Waals surface area contributed by atoms with Crippen LogP contribution in [0.3, 0.4) is 0 Å². The lowest BCUT2D eigenvalue weighted by Gasteiger charge is -2.01. The van der Waals surface area contributed by atoms with Crippen LogP contribution in [0.4, 0.5) is 0 Å². The van der Waals surface area contributed by atoms with Crippen LogP contribution >= 0.6 is 0 Å². The molecular formula is C60H104O4. The summed E-state index contributed by atoms with van der Waals surface area (Å²) in [5.74, 6) is 1.97. The van der Waals surface area contributed by atoms with Crippen LogP contribution in [0.1, 0.15) is 308 Å². The third-order valence-electron chi connectivity index (χ3n) is 13.3. The first kappa shape index (κ1) is 59.7. The molecule has 368 valence electrons. The molecule has 0 N–H and O–H groups in total. The Morgan fingerprint density at radius 1 is 0.156 bits per heavy atom. The predicted molar refractivity (Wildman–Crippen MR) is 278 cm³/mol. The number of Topliss-reactive ketones (excluding diaryl/α,β-unsaturated/α-hetero) is 4. The predicted octanol–water partition coefficient (Wildman–Crippen LogP) is 19.2. The lowest BCUT2D eigenvalue weighted by Crippen LogP contribution is -1.97. The van der Waals surface area contributed by atoms with E-state index in [2.05, 4.69) is 48.6 Å². The Kier molecular flexibility index (Phi) is 46.7. The summed E-state index contributed by atoms with van der Waals surface area (Å²) >= 11 is 0. The summed E-state index contributed by atoms with van der Waals surface area (Å²) in [6, 6.07) is 0. The molecular weight excluding hydrogens is 785 g/mol. The van der Waals surface area contributed by atoms with E-state index in [1.54, 1.807) is 0 Å². The fourth-order valence-electron chi connectivity index (χ4n) is 8.95. The summed E-state index contributed by atoms with van der Waals surface area (Å²) in [5, 5.41) is 0. The molecule has 4 aliphatic rings. The van der Waals surface area contributed by atoms with Gasteiger partial charge in [-0.2, -0.15) is 0 Å². The summed E-state index contributed by atoms with van der Waals surface area (Å²) in [4.78, 5) is 46.0. The monoisotopic (exact) mass is 889 g/mol. The van der Waals surface area contributed by atoms with Crippen molar-refractivity contribution in [3.63, 3.8) is 0 Å². The van der Waals surface area contributed by atoms with Crippen molar-refractivity contribution in [3.05, 3.63) is 48.6 Å². The molecule has 0 aromatic carbocycles. The van der Waals surface area contributed by atoms with Crippen LogP contribution in [0.5, 0.6) is 0 Å². The van der Waals surface area contributed by atoms with E-state index in [-0.39, 0.29) is 0 Å². The number of carbonyl (C=O) groups excluding carboxylic acids is 4. The fraction of sp³-hybridized carbons (Fsp3) is 0.800. The molecule has 0 heterocycles. The van der Waals surface area contributed by atoms with E-state index in [9.17, 15) is 19.2 Å². The minimum atomic E-state index is 0.491. The lowest BCUT2D eigenvalue weighted by molar-refractivity contribution is -0.120. The average Bonchev–Trinajstić information content (AvgIpc) is 3.32. The topological polar surface area (TPSA) is 68.3 Å². The summed E-state index contributed by atoms with van der Waals surface area (Å²) in [7, 11) is 0. The molecule has 0 unspecified atom stereocenters. The molecule has 0 amide bonds. The van der Waals surface area contributed by atoms with E-state index in [1.165, 1.54) is 205 Å². The van der Waals surface area contributed by atoms with Gasteiger partial charge in [-0.05, 0) is 154 Å². The molecule has 0 saturated heterocycles. The molecule has 0 fully saturated rings. The summed E-state index contributed by atoms with van der Waals surface area (Å²) < 4.78 is 0. The van der Waals surface area contributed by atoms with E-state index >= 15 is 0 Å². The number of hydrogen-bond donors (Lipinski definition) is 0. The van der Waals surface area contributed by atoms with Crippen molar-refractivity contribution in [3.8, 4) is 0 Å². The van der Waals surface area contributed by atoms with Crippen molar-refractivity contribution in [2.24, 2.45) is 0 Å². The van der Waals surface area contributed by atoms with E-state index < -0.39 is 0 Å². The van der Waals surface area contributed by atoms with Crippen molar-refractivity contribution in [1.82, 2.24) is 0 Å². The zero-order valence-corrected chi connectivity index (χ0v) is 42.2. The number of allylic oxidation sites excluding steroid dienone is 8. The van der Waals surface area contributed by atoms with Gasteiger partial charge in [0.25, 0.3) is 0 Å². The van der Waals surface area contributed by atoms with Crippen LogP contribution in [0.25, 0.3) is 0 Å². The highest BCUT2D eigenvalue weighted by Crippen LogP contribution is 2.16. The molecule has 0 atom stereocenters. The van der Waals surface area contributed by atoms with Gasteiger partial charge < -0.3 is 0 Å². The molecule has 0 radical (unpaired) electrons. The minimum absolute atomic E-state index is 0.491. The first-order valence-electron chi connectivity index (χ1n) is 28.2.